The maximum Gasteiger partial charge on any atom is 0.286 e. The Kier molecular flexibility index (Phi) is 5.48. The average molecular weight is 408 g/mol. The zero-order valence-electron chi connectivity index (χ0n) is 15.1. The van der Waals surface area contributed by atoms with Gasteiger partial charge < -0.3 is 20.1 Å². The molecule has 0 bridgehead atoms. The number of rotatable bonds is 6. The molecule has 0 saturated heterocycles. The predicted molar refractivity (Wildman–Crippen MR) is 108 cm³/mol. The van der Waals surface area contributed by atoms with Crippen molar-refractivity contribution in [3.8, 4) is 11.5 Å². The van der Waals surface area contributed by atoms with E-state index in [4.69, 9.17) is 9.47 Å². The van der Waals surface area contributed by atoms with Crippen LogP contribution >= 0.6 is 11.3 Å². The second-order valence-electron chi connectivity index (χ2n) is 5.98. The second kappa shape index (κ2) is 8.53. The molecule has 4 rings (SSSR count). The number of aromatic nitrogens is 2. The molecule has 0 atom stereocenters. The Hall–Kier alpha value is -3.72. The lowest BCUT2D eigenvalue weighted by Crippen LogP contribution is -2.20. The summed E-state index contributed by atoms with van der Waals surface area (Å²) < 4.78 is 10.5. The van der Waals surface area contributed by atoms with Gasteiger partial charge in [-0.15, -0.1) is 10.2 Å². The van der Waals surface area contributed by atoms with Crippen molar-refractivity contribution >= 4 is 34.9 Å². The minimum Gasteiger partial charge on any atom is -0.454 e. The first-order valence-electron chi connectivity index (χ1n) is 8.72. The summed E-state index contributed by atoms with van der Waals surface area (Å²) in [4.78, 5) is 24.3. The number of amides is 2. The number of carbonyl (C=O) groups is 2. The van der Waals surface area contributed by atoms with Crippen molar-refractivity contribution in [3.63, 3.8) is 0 Å². The van der Waals surface area contributed by atoms with Gasteiger partial charge >= 0.3 is 0 Å². The summed E-state index contributed by atoms with van der Waals surface area (Å²) in [6, 6.07) is 14.6. The Morgan fingerprint density at radius 3 is 2.76 bits per heavy atom. The van der Waals surface area contributed by atoms with Crippen molar-refractivity contribution in [2.24, 2.45) is 0 Å². The summed E-state index contributed by atoms with van der Waals surface area (Å²) in [5.74, 6) is 0.573. The van der Waals surface area contributed by atoms with E-state index in [1.54, 1.807) is 24.3 Å². The first-order valence-corrected chi connectivity index (χ1v) is 9.53. The molecule has 0 fully saturated rings. The van der Waals surface area contributed by atoms with E-state index in [-0.39, 0.29) is 30.2 Å². The first-order chi connectivity index (χ1) is 14.2. The minimum atomic E-state index is -0.386. The number of hydrogen-bond acceptors (Lipinski definition) is 7. The number of hydrogen-bond donors (Lipinski definition) is 2. The van der Waals surface area contributed by atoms with Crippen LogP contribution in [0.1, 0.15) is 20.4 Å². The van der Waals surface area contributed by atoms with Gasteiger partial charge in [0.2, 0.25) is 17.7 Å². The summed E-state index contributed by atoms with van der Waals surface area (Å²) >= 11 is 1.11. The van der Waals surface area contributed by atoms with Crippen LogP contribution in [-0.4, -0.2) is 28.8 Å². The smallest absolute Gasteiger partial charge is 0.286 e. The second-order valence-corrected chi connectivity index (χ2v) is 7.05. The molecule has 8 nitrogen and oxygen atoms in total. The van der Waals surface area contributed by atoms with Gasteiger partial charge in [0.25, 0.3) is 5.91 Å². The molecule has 2 N–H and O–H groups in total. The van der Waals surface area contributed by atoms with E-state index in [0.717, 1.165) is 16.9 Å². The van der Waals surface area contributed by atoms with Crippen molar-refractivity contribution in [3.05, 3.63) is 70.2 Å². The maximum atomic E-state index is 12.4. The molecule has 1 aromatic heterocycles. The van der Waals surface area contributed by atoms with Gasteiger partial charge in [0.05, 0.1) is 6.54 Å². The SMILES string of the molecule is O=C(/C=C/c1ccccc1)NCc1nnc(C(=O)Nc2ccc3c(c2)OCO3)s1. The van der Waals surface area contributed by atoms with Crippen molar-refractivity contribution in [2.75, 3.05) is 12.1 Å². The molecule has 0 radical (unpaired) electrons. The average Bonchev–Trinajstić information content (AvgIpc) is 3.40. The number of carbonyl (C=O) groups excluding carboxylic acids is 2. The van der Waals surface area contributed by atoms with Crippen LogP contribution in [0.2, 0.25) is 0 Å². The van der Waals surface area contributed by atoms with Gasteiger partial charge in [0, 0.05) is 17.8 Å². The van der Waals surface area contributed by atoms with Crippen molar-refractivity contribution in [2.45, 2.75) is 6.54 Å². The number of nitrogens with one attached hydrogen (secondary N) is 2. The summed E-state index contributed by atoms with van der Waals surface area (Å²) in [6.45, 7) is 0.353. The Labute approximate surface area is 170 Å². The van der Waals surface area contributed by atoms with Gasteiger partial charge in [-0.3, -0.25) is 9.59 Å². The van der Waals surface area contributed by atoms with Crippen LogP contribution in [-0.2, 0) is 11.3 Å². The lowest BCUT2D eigenvalue weighted by molar-refractivity contribution is -0.116. The quantitative estimate of drug-likeness (QED) is 0.608. The van der Waals surface area contributed by atoms with Crippen molar-refractivity contribution in [1.29, 1.82) is 0 Å². The fraction of sp³-hybridized carbons (Fsp3) is 0.100. The molecular formula is C20H16N4O4S. The molecule has 1 aliphatic rings. The monoisotopic (exact) mass is 408 g/mol. The summed E-state index contributed by atoms with van der Waals surface area (Å²) in [6.07, 6.45) is 3.17. The number of benzene rings is 2. The highest BCUT2D eigenvalue weighted by atomic mass is 32.1. The maximum absolute atomic E-state index is 12.4. The van der Waals surface area contributed by atoms with E-state index in [1.165, 1.54) is 6.08 Å². The molecule has 0 spiro atoms. The minimum absolute atomic E-state index is 0.165. The first kappa shape index (κ1) is 18.6. The van der Waals surface area contributed by atoms with Crippen LogP contribution in [0.3, 0.4) is 0 Å². The van der Waals surface area contributed by atoms with E-state index in [2.05, 4.69) is 20.8 Å². The number of anilines is 1. The van der Waals surface area contributed by atoms with Gasteiger partial charge in [0.1, 0.15) is 5.01 Å². The van der Waals surface area contributed by atoms with E-state index >= 15 is 0 Å². The lowest BCUT2D eigenvalue weighted by atomic mass is 10.2. The zero-order chi connectivity index (χ0) is 20.1. The Morgan fingerprint density at radius 2 is 1.90 bits per heavy atom. The molecule has 2 heterocycles. The highest BCUT2D eigenvalue weighted by molar-refractivity contribution is 7.13. The molecular weight excluding hydrogens is 392 g/mol. The Balaban J connectivity index is 1.30. The number of fused-ring (bicyclic) bond motifs is 1. The van der Waals surface area contributed by atoms with Gasteiger partial charge in [-0.1, -0.05) is 41.7 Å². The van der Waals surface area contributed by atoms with Crippen LogP contribution in [0.15, 0.2) is 54.6 Å². The molecule has 0 aliphatic carbocycles. The molecule has 0 unspecified atom stereocenters. The fourth-order valence-corrected chi connectivity index (χ4v) is 3.21. The molecule has 3 aromatic rings. The van der Waals surface area contributed by atoms with Crippen LogP contribution in [0.5, 0.6) is 11.5 Å². The van der Waals surface area contributed by atoms with Gasteiger partial charge in [-0.2, -0.15) is 0 Å². The number of ether oxygens (including phenoxy) is 2. The van der Waals surface area contributed by atoms with Crippen molar-refractivity contribution < 1.29 is 19.1 Å². The third kappa shape index (κ3) is 4.77. The van der Waals surface area contributed by atoms with E-state index in [9.17, 15) is 9.59 Å². The molecule has 2 aromatic carbocycles. The standard InChI is InChI=1S/C20H16N4O4S/c25-17(9-6-13-4-2-1-3-5-13)21-11-18-23-24-20(29-18)19(26)22-14-7-8-15-16(10-14)28-12-27-15/h1-10H,11-12H2,(H,21,25)(H,22,26)/b9-6+. The molecule has 9 heteroatoms. The molecule has 146 valence electrons. The highest BCUT2D eigenvalue weighted by Gasteiger charge is 2.17. The zero-order valence-corrected chi connectivity index (χ0v) is 15.9. The van der Waals surface area contributed by atoms with Gasteiger partial charge in [-0.25, -0.2) is 0 Å². The van der Waals surface area contributed by atoms with Crippen molar-refractivity contribution in [1.82, 2.24) is 15.5 Å². The van der Waals surface area contributed by atoms with E-state index in [1.807, 2.05) is 30.3 Å². The van der Waals surface area contributed by atoms with Crippen LogP contribution < -0.4 is 20.1 Å². The highest BCUT2D eigenvalue weighted by Crippen LogP contribution is 2.34. The third-order valence-corrected chi connectivity index (χ3v) is 4.85. The van der Waals surface area contributed by atoms with E-state index < -0.39 is 0 Å². The summed E-state index contributed by atoms with van der Waals surface area (Å²) in [7, 11) is 0. The molecule has 1 aliphatic heterocycles. The summed E-state index contributed by atoms with van der Waals surface area (Å²) in [5.41, 5.74) is 1.50. The predicted octanol–water partition coefficient (Wildman–Crippen LogP) is 2.85. The third-order valence-electron chi connectivity index (χ3n) is 3.93. The van der Waals surface area contributed by atoms with Gasteiger partial charge in [0.15, 0.2) is 11.5 Å². The Bertz CT molecular complexity index is 1070. The molecule has 29 heavy (non-hydrogen) atoms. The van der Waals surface area contributed by atoms with Crippen LogP contribution in [0.4, 0.5) is 5.69 Å². The van der Waals surface area contributed by atoms with Gasteiger partial charge in [-0.05, 0) is 23.8 Å². The Morgan fingerprint density at radius 1 is 1.07 bits per heavy atom. The normalized spacial score (nSPS) is 12.1. The number of nitrogens with zero attached hydrogens (tertiary/aromatic N) is 2. The topological polar surface area (TPSA) is 102 Å². The van der Waals surface area contributed by atoms with E-state index in [0.29, 0.717) is 22.2 Å². The van der Waals surface area contributed by atoms with Crippen LogP contribution in [0, 0.1) is 0 Å². The molecule has 2 amide bonds. The van der Waals surface area contributed by atoms with Crippen LogP contribution in [0.25, 0.3) is 6.08 Å². The fourth-order valence-electron chi connectivity index (χ4n) is 2.53. The molecule has 0 saturated carbocycles. The summed E-state index contributed by atoms with van der Waals surface area (Å²) in [5, 5.41) is 14.0. The largest absolute Gasteiger partial charge is 0.454 e. The lowest BCUT2D eigenvalue weighted by Gasteiger charge is -2.03.